The van der Waals surface area contributed by atoms with Crippen LogP contribution in [0.3, 0.4) is 0 Å². The largest absolute Gasteiger partial charge is 0.379 e. The molecule has 0 radical (unpaired) electrons. The quantitative estimate of drug-likeness (QED) is 0.637. The topological polar surface area (TPSA) is 38.0 Å². The summed E-state index contributed by atoms with van der Waals surface area (Å²) in [5, 5.41) is 4.30. The zero-order valence-electron chi connectivity index (χ0n) is 12.2. The fourth-order valence-electron chi connectivity index (χ4n) is 2.22. The molecule has 0 aliphatic heterocycles. The van der Waals surface area contributed by atoms with Gasteiger partial charge in [0.2, 0.25) is 0 Å². The summed E-state index contributed by atoms with van der Waals surface area (Å²) in [6.07, 6.45) is 7.59. The molecule has 2 nitrogen and oxygen atoms in total. The molecule has 0 heterocycles. The zero-order chi connectivity index (χ0) is 14.1. The first-order valence-electron chi connectivity index (χ1n) is 7.33. The molecule has 0 aliphatic carbocycles. The maximum atomic E-state index is 5.94. The molecule has 0 bridgehead atoms. The van der Waals surface area contributed by atoms with Gasteiger partial charge in [0.1, 0.15) is 0 Å². The summed E-state index contributed by atoms with van der Waals surface area (Å²) in [5.41, 5.74) is 7.00. The van der Waals surface area contributed by atoms with Crippen molar-refractivity contribution in [2.45, 2.75) is 57.9 Å². The molecule has 0 saturated carbocycles. The third-order valence-electron chi connectivity index (χ3n) is 3.57. The Morgan fingerprint density at radius 3 is 2.32 bits per heavy atom. The van der Waals surface area contributed by atoms with Gasteiger partial charge in [0.05, 0.1) is 0 Å². The van der Waals surface area contributed by atoms with Gasteiger partial charge < -0.3 is 11.1 Å². The number of anilines is 1. The highest BCUT2D eigenvalue weighted by atomic mass is 35.5. The second kappa shape index (κ2) is 8.44. The molecular weight excluding hydrogens is 256 g/mol. The molecule has 1 rings (SSSR count). The second-order valence-electron chi connectivity index (χ2n) is 5.56. The highest BCUT2D eigenvalue weighted by molar-refractivity contribution is 6.30. The van der Waals surface area contributed by atoms with Crippen LogP contribution >= 0.6 is 11.6 Å². The van der Waals surface area contributed by atoms with Gasteiger partial charge in [-0.25, -0.2) is 0 Å². The number of hydrogen-bond acceptors (Lipinski definition) is 2. The lowest BCUT2D eigenvalue weighted by molar-refractivity contribution is 0.449. The van der Waals surface area contributed by atoms with Gasteiger partial charge in [-0.15, -0.1) is 0 Å². The lowest BCUT2D eigenvalue weighted by atomic mass is 9.93. The number of benzene rings is 1. The van der Waals surface area contributed by atoms with Crippen molar-refractivity contribution in [3.05, 3.63) is 29.3 Å². The Morgan fingerprint density at radius 1 is 1.11 bits per heavy atom. The first kappa shape index (κ1) is 16.3. The van der Waals surface area contributed by atoms with Crippen molar-refractivity contribution < 1.29 is 0 Å². The van der Waals surface area contributed by atoms with E-state index >= 15 is 0 Å². The van der Waals surface area contributed by atoms with Crippen molar-refractivity contribution in [2.24, 2.45) is 5.73 Å². The molecule has 0 amide bonds. The van der Waals surface area contributed by atoms with E-state index in [1.54, 1.807) is 0 Å². The maximum Gasteiger partial charge on any atom is 0.0467 e. The van der Waals surface area contributed by atoms with E-state index < -0.39 is 0 Å². The molecule has 1 atom stereocenters. The highest BCUT2D eigenvalue weighted by Gasteiger charge is 2.21. The summed E-state index contributed by atoms with van der Waals surface area (Å²) < 4.78 is 0. The summed E-state index contributed by atoms with van der Waals surface area (Å²) in [6, 6.07) is 7.82. The Labute approximate surface area is 122 Å². The van der Waals surface area contributed by atoms with Crippen LogP contribution in [0.25, 0.3) is 0 Å². The standard InChI is InChI=1S/C16H27ClN2/c1-3-4-5-6-7-12-16(2,13-18)19-15-10-8-14(17)9-11-15/h8-11,19H,3-7,12-13,18H2,1-2H3. The SMILES string of the molecule is CCCCCCCC(C)(CN)Nc1ccc(Cl)cc1. The first-order chi connectivity index (χ1) is 9.09. The fraction of sp³-hybridized carbons (Fsp3) is 0.625. The van der Waals surface area contributed by atoms with Crippen LogP contribution in [0.15, 0.2) is 24.3 Å². The molecule has 0 aromatic heterocycles. The van der Waals surface area contributed by atoms with E-state index in [-0.39, 0.29) is 5.54 Å². The van der Waals surface area contributed by atoms with E-state index in [4.69, 9.17) is 17.3 Å². The predicted octanol–water partition coefficient (Wildman–Crippen LogP) is 4.83. The van der Waals surface area contributed by atoms with Crippen molar-refractivity contribution >= 4 is 17.3 Å². The van der Waals surface area contributed by atoms with E-state index in [1.165, 1.54) is 32.1 Å². The maximum absolute atomic E-state index is 5.94. The van der Waals surface area contributed by atoms with E-state index in [0.29, 0.717) is 6.54 Å². The second-order valence-corrected chi connectivity index (χ2v) is 6.00. The van der Waals surface area contributed by atoms with Gasteiger partial charge >= 0.3 is 0 Å². The van der Waals surface area contributed by atoms with Gasteiger partial charge in [0.15, 0.2) is 0 Å². The third kappa shape index (κ3) is 6.31. The Hall–Kier alpha value is -0.730. The normalized spacial score (nSPS) is 14.1. The van der Waals surface area contributed by atoms with E-state index in [0.717, 1.165) is 17.1 Å². The van der Waals surface area contributed by atoms with Crippen LogP contribution in [0.5, 0.6) is 0 Å². The monoisotopic (exact) mass is 282 g/mol. The van der Waals surface area contributed by atoms with Gasteiger partial charge in [-0.05, 0) is 37.6 Å². The third-order valence-corrected chi connectivity index (χ3v) is 3.82. The number of halogens is 1. The van der Waals surface area contributed by atoms with Crippen LogP contribution < -0.4 is 11.1 Å². The zero-order valence-corrected chi connectivity index (χ0v) is 13.0. The first-order valence-corrected chi connectivity index (χ1v) is 7.71. The molecule has 0 saturated heterocycles. The van der Waals surface area contributed by atoms with Gasteiger partial charge in [0, 0.05) is 22.8 Å². The molecule has 19 heavy (non-hydrogen) atoms. The van der Waals surface area contributed by atoms with Crippen molar-refractivity contribution in [1.82, 2.24) is 0 Å². The average Bonchev–Trinajstić information content (AvgIpc) is 2.41. The van der Waals surface area contributed by atoms with Crippen LogP contribution in [-0.4, -0.2) is 12.1 Å². The van der Waals surface area contributed by atoms with Crippen LogP contribution in [0.2, 0.25) is 5.02 Å². The average molecular weight is 283 g/mol. The van der Waals surface area contributed by atoms with Crippen molar-refractivity contribution in [3.63, 3.8) is 0 Å². The molecule has 1 aromatic rings. The lowest BCUT2D eigenvalue weighted by Gasteiger charge is -2.31. The van der Waals surface area contributed by atoms with Gasteiger partial charge in [0.25, 0.3) is 0 Å². The Kier molecular flexibility index (Phi) is 7.25. The van der Waals surface area contributed by atoms with Crippen LogP contribution in [0, 0.1) is 0 Å². The number of rotatable bonds is 9. The minimum absolute atomic E-state index is 0.0277. The molecule has 0 fully saturated rings. The molecule has 3 N–H and O–H groups in total. The predicted molar refractivity (Wildman–Crippen MR) is 85.9 cm³/mol. The fourth-order valence-corrected chi connectivity index (χ4v) is 2.34. The molecule has 0 aliphatic rings. The molecule has 0 spiro atoms. The van der Waals surface area contributed by atoms with Gasteiger partial charge in [-0.3, -0.25) is 0 Å². The Balaban J connectivity index is 2.43. The molecule has 1 unspecified atom stereocenters. The highest BCUT2D eigenvalue weighted by Crippen LogP contribution is 2.22. The number of hydrogen-bond donors (Lipinski definition) is 2. The molecular formula is C16H27ClN2. The molecule has 108 valence electrons. The van der Waals surface area contributed by atoms with Crippen LogP contribution in [-0.2, 0) is 0 Å². The lowest BCUT2D eigenvalue weighted by Crippen LogP contribution is -2.42. The van der Waals surface area contributed by atoms with Crippen LogP contribution in [0.1, 0.15) is 52.4 Å². The van der Waals surface area contributed by atoms with Crippen molar-refractivity contribution in [2.75, 3.05) is 11.9 Å². The summed E-state index contributed by atoms with van der Waals surface area (Å²) in [4.78, 5) is 0. The molecule has 3 heteroatoms. The van der Waals surface area contributed by atoms with Crippen molar-refractivity contribution in [3.8, 4) is 0 Å². The smallest absolute Gasteiger partial charge is 0.0467 e. The number of nitrogens with two attached hydrogens (primary N) is 1. The summed E-state index contributed by atoms with van der Waals surface area (Å²) in [5.74, 6) is 0. The summed E-state index contributed by atoms with van der Waals surface area (Å²) in [6.45, 7) is 5.08. The Bertz CT molecular complexity index is 350. The van der Waals surface area contributed by atoms with Gasteiger partial charge in [-0.2, -0.15) is 0 Å². The minimum atomic E-state index is -0.0277. The number of nitrogens with one attached hydrogen (secondary N) is 1. The van der Waals surface area contributed by atoms with E-state index in [9.17, 15) is 0 Å². The Morgan fingerprint density at radius 2 is 1.74 bits per heavy atom. The minimum Gasteiger partial charge on any atom is -0.379 e. The van der Waals surface area contributed by atoms with Crippen LogP contribution in [0.4, 0.5) is 5.69 Å². The van der Waals surface area contributed by atoms with E-state index in [1.807, 2.05) is 24.3 Å². The number of unbranched alkanes of at least 4 members (excludes halogenated alkanes) is 4. The van der Waals surface area contributed by atoms with Crippen molar-refractivity contribution in [1.29, 1.82) is 0 Å². The summed E-state index contributed by atoms with van der Waals surface area (Å²) >= 11 is 5.90. The van der Waals surface area contributed by atoms with E-state index in [2.05, 4.69) is 19.2 Å². The molecule has 1 aromatic carbocycles. The van der Waals surface area contributed by atoms with Gasteiger partial charge in [-0.1, -0.05) is 50.6 Å². The summed E-state index contributed by atoms with van der Waals surface area (Å²) in [7, 11) is 0.